The highest BCUT2D eigenvalue weighted by Crippen LogP contribution is 2.18. The molecular formula is C8H8ClFO2S. The van der Waals surface area contributed by atoms with Crippen LogP contribution >= 0.6 is 11.6 Å². The minimum absolute atomic E-state index is 0.0325. The maximum absolute atomic E-state index is 13.3. The van der Waals surface area contributed by atoms with Gasteiger partial charge in [-0.25, -0.2) is 12.8 Å². The fourth-order valence-corrected chi connectivity index (χ4v) is 1.93. The average Bonchev–Trinajstić information content (AvgIpc) is 2.02. The number of halogens is 2. The summed E-state index contributed by atoms with van der Waals surface area (Å²) in [6.45, 7) is 0. The number of benzene rings is 1. The van der Waals surface area contributed by atoms with Crippen LogP contribution < -0.4 is 0 Å². The van der Waals surface area contributed by atoms with Gasteiger partial charge in [-0.1, -0.05) is 12.1 Å². The first-order valence-corrected chi connectivity index (χ1v) is 5.93. The van der Waals surface area contributed by atoms with Gasteiger partial charge in [-0.15, -0.1) is 11.6 Å². The van der Waals surface area contributed by atoms with E-state index in [1.165, 1.54) is 18.2 Å². The minimum atomic E-state index is -3.50. The molecule has 13 heavy (non-hydrogen) atoms. The zero-order chi connectivity index (χ0) is 10.1. The predicted molar refractivity (Wildman–Crippen MR) is 49.1 cm³/mol. The molecule has 0 fully saturated rings. The zero-order valence-electron chi connectivity index (χ0n) is 6.92. The molecule has 0 atom stereocenters. The molecule has 0 unspecified atom stereocenters. The van der Waals surface area contributed by atoms with Gasteiger partial charge in [-0.3, -0.25) is 0 Å². The molecule has 72 valence electrons. The number of hydrogen-bond donors (Lipinski definition) is 0. The summed E-state index contributed by atoms with van der Waals surface area (Å²) in [7, 11) is -3.50. The highest BCUT2D eigenvalue weighted by Gasteiger charge is 2.15. The standard InChI is InChI=1S/C8H8ClFO2S/c1-13(11,12)7-4-2-3-6(5-9)8(7)10/h2-4H,5H2,1H3. The van der Waals surface area contributed by atoms with Crippen molar-refractivity contribution in [3.63, 3.8) is 0 Å². The molecule has 1 aromatic rings. The van der Waals surface area contributed by atoms with E-state index in [4.69, 9.17) is 11.6 Å². The van der Waals surface area contributed by atoms with Gasteiger partial charge in [0.2, 0.25) is 0 Å². The lowest BCUT2D eigenvalue weighted by molar-refractivity contribution is 0.564. The molecule has 0 N–H and O–H groups in total. The van der Waals surface area contributed by atoms with E-state index < -0.39 is 15.7 Å². The lowest BCUT2D eigenvalue weighted by Gasteiger charge is -2.03. The highest BCUT2D eigenvalue weighted by atomic mass is 35.5. The molecule has 0 aromatic heterocycles. The van der Waals surface area contributed by atoms with Crippen LogP contribution in [0, 0.1) is 5.82 Å². The quantitative estimate of drug-likeness (QED) is 0.717. The Morgan fingerprint density at radius 3 is 2.54 bits per heavy atom. The summed E-state index contributed by atoms with van der Waals surface area (Å²) in [6, 6.07) is 4.15. The van der Waals surface area contributed by atoms with Crippen molar-refractivity contribution >= 4 is 21.4 Å². The molecule has 2 nitrogen and oxygen atoms in total. The van der Waals surface area contributed by atoms with E-state index in [1.807, 2.05) is 0 Å². The van der Waals surface area contributed by atoms with Gasteiger partial charge < -0.3 is 0 Å². The molecule has 0 amide bonds. The summed E-state index contributed by atoms with van der Waals surface area (Å²) in [5.74, 6) is -0.783. The second kappa shape index (κ2) is 3.64. The summed E-state index contributed by atoms with van der Waals surface area (Å²) in [6.07, 6.45) is 0.962. The summed E-state index contributed by atoms with van der Waals surface area (Å²) in [5.41, 5.74) is 0.199. The average molecular weight is 223 g/mol. The monoisotopic (exact) mass is 222 g/mol. The van der Waals surface area contributed by atoms with Gasteiger partial charge in [0.05, 0.1) is 5.88 Å². The van der Waals surface area contributed by atoms with Gasteiger partial charge >= 0.3 is 0 Å². The Morgan fingerprint density at radius 1 is 1.46 bits per heavy atom. The largest absolute Gasteiger partial charge is 0.224 e. The SMILES string of the molecule is CS(=O)(=O)c1cccc(CCl)c1F. The third-order valence-electron chi connectivity index (χ3n) is 1.59. The second-order valence-electron chi connectivity index (χ2n) is 2.64. The van der Waals surface area contributed by atoms with Gasteiger partial charge in [0.1, 0.15) is 10.7 Å². The Hall–Kier alpha value is -0.610. The van der Waals surface area contributed by atoms with Gasteiger partial charge in [0, 0.05) is 11.8 Å². The Balaban J connectivity index is 3.41. The molecule has 0 aliphatic rings. The van der Waals surface area contributed by atoms with Crippen molar-refractivity contribution in [1.82, 2.24) is 0 Å². The maximum atomic E-state index is 13.3. The molecule has 0 aliphatic heterocycles. The van der Waals surface area contributed by atoms with Gasteiger partial charge in [-0.05, 0) is 6.07 Å². The molecule has 0 radical (unpaired) electrons. The van der Waals surface area contributed by atoms with Gasteiger partial charge in [-0.2, -0.15) is 0 Å². The normalized spacial score (nSPS) is 11.6. The molecule has 0 spiro atoms. The first-order chi connectivity index (χ1) is 5.96. The van der Waals surface area contributed by atoms with Crippen LogP contribution in [0.5, 0.6) is 0 Å². The van der Waals surface area contributed by atoms with Crippen LogP contribution in [0.15, 0.2) is 23.1 Å². The zero-order valence-corrected chi connectivity index (χ0v) is 8.49. The van der Waals surface area contributed by atoms with Gasteiger partial charge in [0.25, 0.3) is 0 Å². The fourth-order valence-electron chi connectivity index (χ4n) is 0.946. The molecular weight excluding hydrogens is 215 g/mol. The Bertz CT molecular complexity index is 414. The second-order valence-corrected chi connectivity index (χ2v) is 4.89. The topological polar surface area (TPSA) is 34.1 Å². The first kappa shape index (κ1) is 10.5. The van der Waals surface area contributed by atoms with Crippen molar-refractivity contribution in [2.75, 3.05) is 6.26 Å². The third kappa shape index (κ3) is 2.19. The van der Waals surface area contributed by atoms with Crippen LogP contribution in [0.1, 0.15) is 5.56 Å². The minimum Gasteiger partial charge on any atom is -0.224 e. The maximum Gasteiger partial charge on any atom is 0.178 e. The molecule has 0 saturated carbocycles. The van der Waals surface area contributed by atoms with Crippen molar-refractivity contribution in [1.29, 1.82) is 0 Å². The molecule has 0 aliphatic carbocycles. The van der Waals surface area contributed by atoms with Crippen molar-refractivity contribution in [2.24, 2.45) is 0 Å². The van der Waals surface area contributed by atoms with E-state index in [-0.39, 0.29) is 16.3 Å². The number of hydrogen-bond acceptors (Lipinski definition) is 2. The first-order valence-electron chi connectivity index (χ1n) is 3.50. The number of rotatable bonds is 2. The summed E-state index contributed by atoms with van der Waals surface area (Å²) in [5, 5.41) is 0. The lowest BCUT2D eigenvalue weighted by atomic mass is 10.2. The molecule has 5 heteroatoms. The molecule has 0 saturated heterocycles. The Labute approximate surface area is 81.3 Å². The lowest BCUT2D eigenvalue weighted by Crippen LogP contribution is -2.02. The van der Waals surface area contributed by atoms with E-state index >= 15 is 0 Å². The molecule has 1 rings (SSSR count). The number of alkyl halides is 1. The van der Waals surface area contributed by atoms with Crippen LogP contribution in [-0.4, -0.2) is 14.7 Å². The van der Waals surface area contributed by atoms with E-state index in [0.717, 1.165) is 6.26 Å². The highest BCUT2D eigenvalue weighted by molar-refractivity contribution is 7.90. The Morgan fingerprint density at radius 2 is 2.08 bits per heavy atom. The predicted octanol–water partition coefficient (Wildman–Crippen LogP) is 1.97. The fraction of sp³-hybridized carbons (Fsp3) is 0.250. The van der Waals surface area contributed by atoms with E-state index in [9.17, 15) is 12.8 Å². The van der Waals surface area contributed by atoms with Crippen LogP contribution in [0.4, 0.5) is 4.39 Å². The van der Waals surface area contributed by atoms with Crippen LogP contribution in [-0.2, 0) is 15.7 Å². The molecule has 0 heterocycles. The van der Waals surface area contributed by atoms with Crippen molar-refractivity contribution in [3.8, 4) is 0 Å². The van der Waals surface area contributed by atoms with Crippen LogP contribution in [0.2, 0.25) is 0 Å². The smallest absolute Gasteiger partial charge is 0.178 e. The van der Waals surface area contributed by atoms with Crippen molar-refractivity contribution in [3.05, 3.63) is 29.6 Å². The van der Waals surface area contributed by atoms with Crippen LogP contribution in [0.3, 0.4) is 0 Å². The van der Waals surface area contributed by atoms with Crippen molar-refractivity contribution in [2.45, 2.75) is 10.8 Å². The van der Waals surface area contributed by atoms with E-state index in [2.05, 4.69) is 0 Å². The molecule has 0 bridgehead atoms. The summed E-state index contributed by atoms with van der Waals surface area (Å²) < 4.78 is 35.4. The van der Waals surface area contributed by atoms with Gasteiger partial charge in [0.15, 0.2) is 9.84 Å². The Kier molecular flexibility index (Phi) is 2.93. The van der Waals surface area contributed by atoms with Crippen LogP contribution in [0.25, 0.3) is 0 Å². The third-order valence-corrected chi connectivity index (χ3v) is 2.99. The number of sulfone groups is 1. The summed E-state index contributed by atoms with van der Waals surface area (Å²) in [4.78, 5) is -0.300. The van der Waals surface area contributed by atoms with Crippen molar-refractivity contribution < 1.29 is 12.8 Å². The van der Waals surface area contributed by atoms with E-state index in [1.54, 1.807) is 0 Å². The molecule has 1 aromatic carbocycles. The van der Waals surface area contributed by atoms with E-state index in [0.29, 0.717) is 0 Å². The summed E-state index contributed by atoms with van der Waals surface area (Å²) >= 11 is 5.42.